The van der Waals surface area contributed by atoms with Gasteiger partial charge in [-0.1, -0.05) is 66.7 Å². The van der Waals surface area contributed by atoms with E-state index in [0.717, 1.165) is 11.1 Å². The summed E-state index contributed by atoms with van der Waals surface area (Å²) in [6, 6.07) is 19.3. The lowest BCUT2D eigenvalue weighted by Gasteiger charge is -2.00. The molecule has 0 aliphatic carbocycles. The molecule has 4 nitrogen and oxygen atoms in total. The monoisotopic (exact) mass is 275 g/mol. The van der Waals surface area contributed by atoms with Crippen molar-refractivity contribution in [1.82, 2.24) is 15.0 Å². The molecule has 0 fully saturated rings. The van der Waals surface area contributed by atoms with Gasteiger partial charge in [-0.15, -0.1) is 0 Å². The van der Waals surface area contributed by atoms with Gasteiger partial charge in [0.05, 0.1) is 0 Å². The molecule has 102 valence electrons. The lowest BCUT2D eigenvalue weighted by atomic mass is 10.2. The maximum absolute atomic E-state index is 11.7. The number of aromatic amines is 1. The minimum Gasteiger partial charge on any atom is -0.290 e. The molecule has 0 saturated heterocycles. The average Bonchev–Trinajstić information content (AvgIpc) is 2.54. The standard InChI is InChI=1S/C17H13N3O/c21-17-19-15(12-11-13-7-3-1-4-8-13)18-16(20-17)14-9-5-2-6-10-14/h1-12H,(H,18,19,20,21). The second kappa shape index (κ2) is 5.96. The molecule has 2 aromatic carbocycles. The topological polar surface area (TPSA) is 58.6 Å². The molecule has 21 heavy (non-hydrogen) atoms. The Bertz CT molecular complexity index is 808. The van der Waals surface area contributed by atoms with Crippen LogP contribution < -0.4 is 5.69 Å². The van der Waals surface area contributed by atoms with Crippen molar-refractivity contribution in [3.8, 4) is 11.4 Å². The van der Waals surface area contributed by atoms with Crippen LogP contribution in [0.5, 0.6) is 0 Å². The third-order valence-corrected chi connectivity index (χ3v) is 2.93. The minimum atomic E-state index is -0.406. The molecule has 1 aromatic heterocycles. The van der Waals surface area contributed by atoms with E-state index in [0.29, 0.717) is 11.6 Å². The van der Waals surface area contributed by atoms with Crippen LogP contribution in [0.3, 0.4) is 0 Å². The van der Waals surface area contributed by atoms with Crippen LogP contribution in [0.1, 0.15) is 11.4 Å². The molecule has 0 atom stereocenters. The SMILES string of the molecule is O=c1nc(-c2ccccc2)nc(C=Cc2ccccc2)[nH]1. The van der Waals surface area contributed by atoms with Crippen LogP contribution in [-0.4, -0.2) is 15.0 Å². The highest BCUT2D eigenvalue weighted by Crippen LogP contribution is 2.12. The van der Waals surface area contributed by atoms with E-state index in [1.54, 1.807) is 6.08 Å². The zero-order valence-electron chi connectivity index (χ0n) is 11.2. The zero-order chi connectivity index (χ0) is 14.5. The highest BCUT2D eigenvalue weighted by Gasteiger charge is 2.03. The number of rotatable bonds is 3. The van der Waals surface area contributed by atoms with Crippen LogP contribution in [0.2, 0.25) is 0 Å². The first-order valence-corrected chi connectivity index (χ1v) is 6.58. The maximum atomic E-state index is 11.7. The van der Waals surface area contributed by atoms with E-state index in [1.807, 2.05) is 66.7 Å². The van der Waals surface area contributed by atoms with Gasteiger partial charge in [-0.3, -0.25) is 4.98 Å². The van der Waals surface area contributed by atoms with Crippen LogP contribution >= 0.6 is 0 Å². The highest BCUT2D eigenvalue weighted by molar-refractivity contribution is 5.67. The van der Waals surface area contributed by atoms with Gasteiger partial charge in [0.2, 0.25) is 0 Å². The van der Waals surface area contributed by atoms with E-state index in [1.165, 1.54) is 0 Å². The predicted molar refractivity (Wildman–Crippen MR) is 83.5 cm³/mol. The summed E-state index contributed by atoms with van der Waals surface area (Å²) in [5.41, 5.74) is 1.45. The summed E-state index contributed by atoms with van der Waals surface area (Å²) in [7, 11) is 0. The Labute approximate surface area is 121 Å². The van der Waals surface area contributed by atoms with Crippen LogP contribution in [0, 0.1) is 0 Å². The number of nitrogens with zero attached hydrogens (tertiary/aromatic N) is 2. The van der Waals surface area contributed by atoms with Crippen molar-refractivity contribution in [2.75, 3.05) is 0 Å². The van der Waals surface area contributed by atoms with E-state index in [2.05, 4.69) is 15.0 Å². The molecule has 0 aliphatic rings. The van der Waals surface area contributed by atoms with Gasteiger partial charge < -0.3 is 0 Å². The summed E-state index contributed by atoms with van der Waals surface area (Å²) >= 11 is 0. The van der Waals surface area contributed by atoms with Crippen LogP contribution in [-0.2, 0) is 0 Å². The number of hydrogen-bond donors (Lipinski definition) is 1. The Balaban J connectivity index is 1.95. The molecule has 0 aliphatic heterocycles. The van der Waals surface area contributed by atoms with Gasteiger partial charge in [-0.05, 0) is 11.6 Å². The summed E-state index contributed by atoms with van der Waals surface area (Å²) in [5, 5.41) is 0. The number of hydrogen-bond acceptors (Lipinski definition) is 3. The van der Waals surface area contributed by atoms with Gasteiger partial charge in [0, 0.05) is 5.56 Å². The Morgan fingerprint density at radius 3 is 2.19 bits per heavy atom. The molecule has 4 heteroatoms. The predicted octanol–water partition coefficient (Wildman–Crippen LogP) is 3.00. The third kappa shape index (κ3) is 3.30. The summed E-state index contributed by atoms with van der Waals surface area (Å²) in [6.07, 6.45) is 3.66. The summed E-state index contributed by atoms with van der Waals surface area (Å²) in [6.45, 7) is 0. The Morgan fingerprint density at radius 2 is 1.48 bits per heavy atom. The highest BCUT2D eigenvalue weighted by atomic mass is 16.1. The number of aromatic nitrogens is 3. The van der Waals surface area contributed by atoms with Gasteiger partial charge in [0.1, 0.15) is 5.82 Å². The fourth-order valence-electron chi connectivity index (χ4n) is 1.94. The average molecular weight is 275 g/mol. The van der Waals surface area contributed by atoms with Gasteiger partial charge in [-0.2, -0.15) is 4.98 Å². The van der Waals surface area contributed by atoms with Crippen molar-refractivity contribution in [2.45, 2.75) is 0 Å². The quantitative estimate of drug-likeness (QED) is 0.799. The summed E-state index contributed by atoms with van der Waals surface area (Å²) in [5.74, 6) is 0.907. The Hall–Kier alpha value is -3.01. The lowest BCUT2D eigenvalue weighted by Crippen LogP contribution is -2.14. The number of H-pyrrole nitrogens is 1. The largest absolute Gasteiger partial charge is 0.348 e. The van der Waals surface area contributed by atoms with E-state index in [9.17, 15) is 4.79 Å². The molecule has 0 unspecified atom stereocenters. The smallest absolute Gasteiger partial charge is 0.290 e. The lowest BCUT2D eigenvalue weighted by molar-refractivity contribution is 0.978. The van der Waals surface area contributed by atoms with Crippen molar-refractivity contribution in [1.29, 1.82) is 0 Å². The second-order valence-electron chi connectivity index (χ2n) is 4.47. The first kappa shape index (κ1) is 13.0. The molecule has 0 amide bonds. The van der Waals surface area contributed by atoms with Crippen molar-refractivity contribution in [3.63, 3.8) is 0 Å². The molecule has 3 rings (SSSR count). The molecule has 0 bridgehead atoms. The van der Waals surface area contributed by atoms with E-state index in [4.69, 9.17) is 0 Å². The van der Waals surface area contributed by atoms with Gasteiger partial charge in [-0.25, -0.2) is 9.78 Å². The molecule has 1 N–H and O–H groups in total. The molecule has 0 saturated carbocycles. The fourth-order valence-corrected chi connectivity index (χ4v) is 1.94. The first-order chi connectivity index (χ1) is 10.3. The normalized spacial score (nSPS) is 10.9. The van der Waals surface area contributed by atoms with E-state index < -0.39 is 5.69 Å². The number of nitrogens with one attached hydrogen (secondary N) is 1. The van der Waals surface area contributed by atoms with Crippen LogP contribution in [0.25, 0.3) is 23.5 Å². The van der Waals surface area contributed by atoms with Crippen molar-refractivity contribution in [2.24, 2.45) is 0 Å². The summed E-state index contributed by atoms with van der Waals surface area (Å²) < 4.78 is 0. The van der Waals surface area contributed by atoms with Crippen molar-refractivity contribution < 1.29 is 0 Å². The molecule has 1 heterocycles. The van der Waals surface area contributed by atoms with E-state index in [-0.39, 0.29) is 0 Å². The number of benzene rings is 2. The molecule has 0 radical (unpaired) electrons. The fraction of sp³-hybridized carbons (Fsp3) is 0. The van der Waals surface area contributed by atoms with Crippen LogP contribution in [0.4, 0.5) is 0 Å². The second-order valence-corrected chi connectivity index (χ2v) is 4.47. The van der Waals surface area contributed by atoms with Gasteiger partial charge >= 0.3 is 5.69 Å². The maximum Gasteiger partial charge on any atom is 0.348 e. The van der Waals surface area contributed by atoms with Crippen molar-refractivity contribution in [3.05, 3.63) is 82.5 Å². The molecule has 3 aromatic rings. The van der Waals surface area contributed by atoms with Gasteiger partial charge in [0.25, 0.3) is 0 Å². The van der Waals surface area contributed by atoms with Gasteiger partial charge in [0.15, 0.2) is 5.82 Å². The Kier molecular flexibility index (Phi) is 3.69. The summed E-state index contributed by atoms with van der Waals surface area (Å²) in [4.78, 5) is 22.5. The first-order valence-electron chi connectivity index (χ1n) is 6.58. The zero-order valence-corrected chi connectivity index (χ0v) is 11.2. The molecule has 0 spiro atoms. The third-order valence-electron chi connectivity index (χ3n) is 2.93. The Morgan fingerprint density at radius 1 is 0.810 bits per heavy atom. The minimum absolute atomic E-state index is 0.406. The van der Waals surface area contributed by atoms with Crippen molar-refractivity contribution >= 4 is 12.2 Å². The molecular weight excluding hydrogens is 262 g/mol. The van der Waals surface area contributed by atoms with E-state index >= 15 is 0 Å². The molecular formula is C17H13N3O. The van der Waals surface area contributed by atoms with Crippen LogP contribution in [0.15, 0.2) is 65.5 Å².